The third-order valence-corrected chi connectivity index (χ3v) is 9.58. The van der Waals surface area contributed by atoms with E-state index in [0.29, 0.717) is 58.1 Å². The first kappa shape index (κ1) is 34.8. The van der Waals surface area contributed by atoms with Crippen LogP contribution in [0.15, 0.2) is 6.20 Å². The van der Waals surface area contributed by atoms with Crippen LogP contribution < -0.4 is 5.32 Å². The summed E-state index contributed by atoms with van der Waals surface area (Å²) in [4.78, 5) is 44.0. The molecule has 4 atom stereocenters. The molecule has 43 heavy (non-hydrogen) atoms. The van der Waals surface area contributed by atoms with Gasteiger partial charge in [0.05, 0.1) is 5.69 Å². The predicted octanol–water partition coefficient (Wildman–Crippen LogP) is 4.40. The Kier molecular flexibility index (Phi) is 12.4. The minimum absolute atomic E-state index is 0.0118. The van der Waals surface area contributed by atoms with Crippen molar-refractivity contribution in [2.45, 2.75) is 91.8 Å². The molecular weight excluding hydrogens is 548 g/mol. The summed E-state index contributed by atoms with van der Waals surface area (Å²) in [6.07, 6.45) is 6.12. The lowest BCUT2D eigenvalue weighted by Gasteiger charge is -2.47. The zero-order chi connectivity index (χ0) is 31.9. The molecule has 3 rings (SSSR count). The van der Waals surface area contributed by atoms with Gasteiger partial charge < -0.3 is 29.9 Å². The van der Waals surface area contributed by atoms with E-state index in [9.17, 15) is 19.5 Å². The maximum atomic E-state index is 13.8. The van der Waals surface area contributed by atoms with Gasteiger partial charge in [0, 0.05) is 82.9 Å². The molecule has 11 nitrogen and oxygen atoms in total. The molecule has 1 saturated heterocycles. The molecule has 1 aromatic heterocycles. The number of hydrogen-bond acceptors (Lipinski definition) is 6. The van der Waals surface area contributed by atoms with Crippen molar-refractivity contribution < 1.29 is 24.2 Å². The second-order valence-electron chi connectivity index (χ2n) is 13.7. The van der Waals surface area contributed by atoms with Gasteiger partial charge in [-0.25, -0.2) is 9.48 Å². The first-order valence-electron chi connectivity index (χ1n) is 16.1. The van der Waals surface area contributed by atoms with Gasteiger partial charge in [0.25, 0.3) is 0 Å². The van der Waals surface area contributed by atoms with Crippen molar-refractivity contribution in [3.8, 4) is 0 Å². The van der Waals surface area contributed by atoms with Gasteiger partial charge in [0.2, 0.25) is 11.8 Å². The minimum atomic E-state index is -0.952. The quantitative estimate of drug-likeness (QED) is 0.342. The van der Waals surface area contributed by atoms with Gasteiger partial charge in [0.15, 0.2) is 0 Å². The van der Waals surface area contributed by atoms with Crippen LogP contribution in [-0.2, 0) is 20.9 Å². The van der Waals surface area contributed by atoms with E-state index in [1.54, 1.807) is 11.9 Å². The predicted molar refractivity (Wildman–Crippen MR) is 167 cm³/mol. The third-order valence-electron chi connectivity index (χ3n) is 9.58. The first-order valence-corrected chi connectivity index (χ1v) is 16.1. The van der Waals surface area contributed by atoms with Crippen LogP contribution in [0.25, 0.3) is 0 Å². The second-order valence-corrected chi connectivity index (χ2v) is 13.7. The Labute approximate surface area is 258 Å². The summed E-state index contributed by atoms with van der Waals surface area (Å²) in [5.41, 5.74) is 1.43. The summed E-state index contributed by atoms with van der Waals surface area (Å²) in [6.45, 7) is 13.9. The summed E-state index contributed by atoms with van der Waals surface area (Å²) in [5.74, 6) is -0.185. The molecule has 1 aromatic rings. The highest BCUT2D eigenvalue weighted by Gasteiger charge is 2.51. The Bertz CT molecular complexity index is 1080. The van der Waals surface area contributed by atoms with E-state index >= 15 is 0 Å². The third kappa shape index (κ3) is 8.94. The number of aromatic nitrogens is 2. The molecule has 2 aliphatic rings. The van der Waals surface area contributed by atoms with E-state index in [0.717, 1.165) is 36.9 Å². The van der Waals surface area contributed by atoms with Crippen LogP contribution in [0.2, 0.25) is 0 Å². The molecule has 1 saturated carbocycles. The number of nitrogens with one attached hydrogen (secondary N) is 1. The number of likely N-dealkylation sites (N-methyl/N-ethyl adjacent to an activating group) is 2. The van der Waals surface area contributed by atoms with Gasteiger partial charge in [-0.1, -0.05) is 27.7 Å². The zero-order valence-electron chi connectivity index (χ0n) is 27.8. The highest BCUT2D eigenvalue weighted by atomic mass is 16.5. The van der Waals surface area contributed by atoms with Crippen LogP contribution in [0.3, 0.4) is 0 Å². The summed E-state index contributed by atoms with van der Waals surface area (Å²) in [7, 11) is 5.38. The molecule has 11 heteroatoms. The van der Waals surface area contributed by atoms with Crippen LogP contribution >= 0.6 is 0 Å². The lowest BCUT2D eigenvalue weighted by atomic mass is 9.58. The Hall–Kier alpha value is -2.66. The Morgan fingerprint density at radius 3 is 2.42 bits per heavy atom. The van der Waals surface area contributed by atoms with Crippen molar-refractivity contribution in [1.29, 1.82) is 0 Å². The van der Waals surface area contributed by atoms with E-state index in [-0.39, 0.29) is 35.8 Å². The van der Waals surface area contributed by atoms with Gasteiger partial charge >= 0.3 is 6.09 Å². The number of hydrogen-bond donors (Lipinski definition) is 2. The summed E-state index contributed by atoms with van der Waals surface area (Å²) in [6, 6.07) is 0. The summed E-state index contributed by atoms with van der Waals surface area (Å²) >= 11 is 0. The van der Waals surface area contributed by atoms with Gasteiger partial charge in [-0.3, -0.25) is 9.59 Å². The molecule has 2 fully saturated rings. The largest absolute Gasteiger partial charge is 0.465 e. The smallest absolute Gasteiger partial charge is 0.407 e. The molecule has 0 bridgehead atoms. The van der Waals surface area contributed by atoms with Crippen LogP contribution in [0.1, 0.15) is 96.5 Å². The molecule has 2 N–H and O–H groups in total. The highest BCUT2D eigenvalue weighted by molar-refractivity contribution is 5.84. The van der Waals surface area contributed by atoms with E-state index in [4.69, 9.17) is 9.84 Å². The number of ether oxygens (including phenoxy) is 1. The molecular formula is C32H56N6O5. The molecule has 244 valence electrons. The Morgan fingerprint density at radius 2 is 1.81 bits per heavy atom. The van der Waals surface area contributed by atoms with E-state index in [2.05, 4.69) is 44.1 Å². The van der Waals surface area contributed by atoms with Crippen LogP contribution in [0.4, 0.5) is 4.79 Å². The molecule has 3 amide bonds. The van der Waals surface area contributed by atoms with Crippen molar-refractivity contribution in [3.05, 3.63) is 17.5 Å². The van der Waals surface area contributed by atoms with Gasteiger partial charge in [-0.15, -0.1) is 0 Å². The maximum absolute atomic E-state index is 13.8. The topological polar surface area (TPSA) is 120 Å². The fraction of sp³-hybridized carbons (Fsp3) is 0.812. The minimum Gasteiger partial charge on any atom is -0.465 e. The first-order chi connectivity index (χ1) is 20.3. The molecule has 0 spiro atoms. The number of amides is 3. The van der Waals surface area contributed by atoms with Crippen molar-refractivity contribution >= 4 is 17.9 Å². The van der Waals surface area contributed by atoms with Crippen molar-refractivity contribution in [3.63, 3.8) is 0 Å². The van der Waals surface area contributed by atoms with Crippen molar-refractivity contribution in [2.75, 3.05) is 53.9 Å². The van der Waals surface area contributed by atoms with Crippen molar-refractivity contribution in [1.82, 2.24) is 29.8 Å². The number of rotatable bonds is 13. The number of carboxylic acid groups (broad SMARTS) is 1. The van der Waals surface area contributed by atoms with Crippen LogP contribution in [0.5, 0.6) is 0 Å². The standard InChI is InChI=1S/C32H56N6O5/c1-9-36(7)30(40)26-19-23(18-25(32(26,4)5)29(39)33-14-13-22(2)3)28-24(20-35(6)15-16-37(8)31(41)42)21-38(34-28)27-12-10-11-17-43-27/h21-23,25-27H,9-20H2,1-8H3,(H,33,39)(H,41,42). The molecule has 1 aliphatic heterocycles. The lowest BCUT2D eigenvalue weighted by Crippen LogP contribution is -2.52. The normalized spacial score (nSPS) is 23.8. The SMILES string of the molecule is CCN(C)C(=O)C1CC(c2nn(C3CCCCO3)cc2CN(C)CCN(C)C(=O)O)CC(C(=O)NCCC(C)C)C1(C)C. The fourth-order valence-electron chi connectivity index (χ4n) is 6.41. The monoisotopic (exact) mass is 604 g/mol. The van der Waals surface area contributed by atoms with E-state index < -0.39 is 11.5 Å². The zero-order valence-corrected chi connectivity index (χ0v) is 27.8. The second kappa shape index (κ2) is 15.4. The van der Waals surface area contributed by atoms with Gasteiger partial charge in [-0.05, 0) is 63.8 Å². The van der Waals surface area contributed by atoms with Crippen molar-refractivity contribution in [2.24, 2.45) is 23.2 Å². The Balaban J connectivity index is 1.97. The average Bonchev–Trinajstić information content (AvgIpc) is 3.38. The number of nitrogens with zero attached hydrogens (tertiary/aromatic N) is 5. The van der Waals surface area contributed by atoms with Crippen LogP contribution in [-0.4, -0.2) is 101 Å². The molecule has 1 aliphatic carbocycles. The van der Waals surface area contributed by atoms with E-state index in [1.165, 1.54) is 4.90 Å². The van der Waals surface area contributed by atoms with Gasteiger partial charge in [0.1, 0.15) is 6.23 Å². The molecule has 0 radical (unpaired) electrons. The molecule has 0 aromatic carbocycles. The summed E-state index contributed by atoms with van der Waals surface area (Å²) in [5, 5.41) is 17.6. The van der Waals surface area contributed by atoms with E-state index in [1.807, 2.05) is 25.7 Å². The Morgan fingerprint density at radius 1 is 1.12 bits per heavy atom. The maximum Gasteiger partial charge on any atom is 0.407 e. The molecule has 2 heterocycles. The average molecular weight is 605 g/mol. The summed E-state index contributed by atoms with van der Waals surface area (Å²) < 4.78 is 8.02. The fourth-order valence-corrected chi connectivity index (χ4v) is 6.41. The highest BCUT2D eigenvalue weighted by Crippen LogP contribution is 2.51. The molecule has 4 unspecified atom stereocenters. The van der Waals surface area contributed by atoms with Gasteiger partial charge in [-0.2, -0.15) is 5.10 Å². The van der Waals surface area contributed by atoms with Crippen LogP contribution in [0, 0.1) is 23.2 Å². The number of carbonyl (C=O) groups is 3. The number of carbonyl (C=O) groups excluding carboxylic acids is 2. The lowest BCUT2D eigenvalue weighted by molar-refractivity contribution is -0.146.